The van der Waals surface area contributed by atoms with Crippen molar-refractivity contribution >= 4 is 0 Å². The Balaban J connectivity index is 2.93. The molecule has 0 amide bonds. The van der Waals surface area contributed by atoms with Crippen LogP contribution < -0.4 is 0 Å². The molecule has 1 rings (SSSR count). The molecule has 0 unspecified atom stereocenters. The van der Waals surface area contributed by atoms with Gasteiger partial charge in [-0.3, -0.25) is 0 Å². The van der Waals surface area contributed by atoms with E-state index in [1.807, 2.05) is 0 Å². The van der Waals surface area contributed by atoms with Crippen molar-refractivity contribution in [2.75, 3.05) is 13.6 Å². The summed E-state index contributed by atoms with van der Waals surface area (Å²) in [4.78, 5) is 0. The lowest BCUT2D eigenvalue weighted by Gasteiger charge is -2.60. The van der Waals surface area contributed by atoms with Crippen molar-refractivity contribution in [3.8, 4) is 0 Å². The largest absolute Gasteiger partial charge is 0.317 e. The molecule has 1 fully saturated rings. The number of hydrogen-bond acceptors (Lipinski definition) is 0. The van der Waals surface area contributed by atoms with E-state index in [1.54, 1.807) is 0 Å². The molecular weight excluding hydrogens is 182 g/mol. The van der Waals surface area contributed by atoms with E-state index >= 15 is 0 Å². The molecule has 0 aromatic heterocycles. The molecule has 89 valence electrons. The van der Waals surface area contributed by atoms with Crippen LogP contribution in [0.25, 0.3) is 0 Å². The Bertz CT molecular complexity index is 199. The fourth-order valence-electron chi connectivity index (χ4n) is 3.08. The van der Waals surface area contributed by atoms with Crippen molar-refractivity contribution < 1.29 is 4.48 Å². The van der Waals surface area contributed by atoms with Crippen molar-refractivity contribution in [3.63, 3.8) is 0 Å². The zero-order valence-electron chi connectivity index (χ0n) is 11.6. The first-order valence-electron chi connectivity index (χ1n) is 6.44. The molecule has 1 radical (unpaired) electrons. The molecular formula is C14H29N+. The summed E-state index contributed by atoms with van der Waals surface area (Å²) in [6.45, 7) is 13.3. The summed E-state index contributed by atoms with van der Waals surface area (Å²) in [5, 5.41) is 0. The molecule has 0 N–H and O–H groups in total. The molecule has 0 aliphatic carbocycles. The average Bonchev–Trinajstić information content (AvgIpc) is 2.11. The standard InChI is InChI=1S/C14H29N/c1-7-8-12-15(6)13(2,3)10-9-11-14(15,4)5/h9H,7-8,10-12H2,1-6H3/q+1. The molecule has 0 atom stereocenters. The van der Waals surface area contributed by atoms with Gasteiger partial charge in [0.25, 0.3) is 0 Å². The minimum Gasteiger partial charge on any atom is -0.317 e. The fourth-order valence-corrected chi connectivity index (χ4v) is 3.08. The fraction of sp³-hybridized carbons (Fsp3) is 0.929. The highest BCUT2D eigenvalue weighted by atomic mass is 15.4. The summed E-state index contributed by atoms with van der Waals surface area (Å²) in [5.74, 6) is 0. The van der Waals surface area contributed by atoms with Crippen LogP contribution in [0.1, 0.15) is 60.3 Å². The highest BCUT2D eigenvalue weighted by Gasteiger charge is 2.52. The number of unbranched alkanes of at least 4 members (excludes halogenated alkanes) is 1. The summed E-state index contributed by atoms with van der Waals surface area (Å²) in [6.07, 6.45) is 7.67. The maximum absolute atomic E-state index is 2.49. The Morgan fingerprint density at radius 1 is 1.07 bits per heavy atom. The van der Waals surface area contributed by atoms with E-state index in [2.05, 4.69) is 48.1 Å². The van der Waals surface area contributed by atoms with Crippen LogP contribution >= 0.6 is 0 Å². The molecule has 1 nitrogen and oxygen atoms in total. The SMILES string of the molecule is CCCC[N+]1(C)C(C)(C)C[CH]CC1(C)C. The Morgan fingerprint density at radius 3 is 1.93 bits per heavy atom. The molecule has 1 aliphatic heterocycles. The Labute approximate surface area is 96.4 Å². The van der Waals surface area contributed by atoms with Crippen LogP contribution in [0.15, 0.2) is 0 Å². The second-order valence-electron chi connectivity index (χ2n) is 6.59. The number of quaternary nitrogens is 1. The molecule has 0 aromatic rings. The van der Waals surface area contributed by atoms with Crippen molar-refractivity contribution in [2.24, 2.45) is 0 Å². The van der Waals surface area contributed by atoms with E-state index in [1.165, 1.54) is 36.7 Å². The third-order valence-electron chi connectivity index (χ3n) is 4.92. The lowest BCUT2D eigenvalue weighted by Crippen LogP contribution is -2.71. The molecule has 15 heavy (non-hydrogen) atoms. The average molecular weight is 211 g/mol. The number of hydrogen-bond donors (Lipinski definition) is 0. The molecule has 0 aromatic carbocycles. The lowest BCUT2D eigenvalue weighted by atomic mass is 9.76. The maximum Gasteiger partial charge on any atom is 0.0940 e. The van der Waals surface area contributed by atoms with Gasteiger partial charge in [-0.25, -0.2) is 0 Å². The molecule has 1 saturated heterocycles. The van der Waals surface area contributed by atoms with Crippen LogP contribution in [-0.4, -0.2) is 29.2 Å². The zero-order chi connectivity index (χ0) is 11.7. The zero-order valence-corrected chi connectivity index (χ0v) is 11.6. The number of rotatable bonds is 3. The van der Waals surface area contributed by atoms with Gasteiger partial charge in [0, 0.05) is 12.8 Å². The van der Waals surface area contributed by atoms with Gasteiger partial charge >= 0.3 is 0 Å². The summed E-state index contributed by atoms with van der Waals surface area (Å²) < 4.78 is 1.23. The van der Waals surface area contributed by atoms with Gasteiger partial charge in [-0.05, 0) is 40.5 Å². The first-order chi connectivity index (χ1) is 6.77. The Morgan fingerprint density at radius 2 is 1.53 bits per heavy atom. The van der Waals surface area contributed by atoms with Crippen LogP contribution in [0.3, 0.4) is 0 Å². The monoisotopic (exact) mass is 211 g/mol. The van der Waals surface area contributed by atoms with Crippen molar-refractivity contribution in [2.45, 2.75) is 71.4 Å². The number of piperidine rings is 1. The smallest absolute Gasteiger partial charge is 0.0940 e. The van der Waals surface area contributed by atoms with Gasteiger partial charge in [-0.2, -0.15) is 0 Å². The minimum atomic E-state index is 0.400. The summed E-state index contributed by atoms with van der Waals surface area (Å²) in [7, 11) is 2.46. The van der Waals surface area contributed by atoms with Crippen LogP contribution in [0.5, 0.6) is 0 Å². The van der Waals surface area contributed by atoms with E-state index in [-0.39, 0.29) is 0 Å². The van der Waals surface area contributed by atoms with Gasteiger partial charge in [-0.1, -0.05) is 13.3 Å². The maximum atomic E-state index is 2.49. The summed E-state index contributed by atoms with van der Waals surface area (Å²) in [6, 6.07) is 0. The van der Waals surface area contributed by atoms with Crippen LogP contribution in [-0.2, 0) is 0 Å². The number of nitrogens with zero attached hydrogens (tertiary/aromatic N) is 1. The molecule has 1 heteroatoms. The Kier molecular flexibility index (Phi) is 3.55. The van der Waals surface area contributed by atoms with Gasteiger partial charge in [0.2, 0.25) is 0 Å². The quantitative estimate of drug-likeness (QED) is 0.623. The van der Waals surface area contributed by atoms with E-state index in [0.717, 1.165) is 0 Å². The third-order valence-corrected chi connectivity index (χ3v) is 4.92. The molecule has 0 saturated carbocycles. The third kappa shape index (κ3) is 2.08. The second kappa shape index (κ2) is 4.08. The van der Waals surface area contributed by atoms with Crippen LogP contribution in [0.2, 0.25) is 0 Å². The highest BCUT2D eigenvalue weighted by Crippen LogP contribution is 2.43. The van der Waals surface area contributed by atoms with Gasteiger partial charge in [0.05, 0.1) is 24.7 Å². The first kappa shape index (κ1) is 13.0. The summed E-state index contributed by atoms with van der Waals surface area (Å²) >= 11 is 0. The number of likely N-dealkylation sites (tertiary alicyclic amines) is 1. The normalized spacial score (nSPS) is 27.6. The molecule has 1 aliphatic rings. The van der Waals surface area contributed by atoms with E-state index in [9.17, 15) is 0 Å². The predicted molar refractivity (Wildman–Crippen MR) is 67.7 cm³/mol. The van der Waals surface area contributed by atoms with E-state index < -0.39 is 0 Å². The van der Waals surface area contributed by atoms with E-state index in [0.29, 0.717) is 11.1 Å². The van der Waals surface area contributed by atoms with Gasteiger partial charge in [0.15, 0.2) is 0 Å². The predicted octanol–water partition coefficient (Wildman–Crippen LogP) is 3.79. The molecule has 0 spiro atoms. The van der Waals surface area contributed by atoms with Crippen LogP contribution in [0, 0.1) is 6.42 Å². The second-order valence-corrected chi connectivity index (χ2v) is 6.59. The van der Waals surface area contributed by atoms with Gasteiger partial charge in [0.1, 0.15) is 0 Å². The summed E-state index contributed by atoms with van der Waals surface area (Å²) in [5.41, 5.74) is 0.799. The Hall–Kier alpha value is -0.0400. The van der Waals surface area contributed by atoms with Crippen LogP contribution in [0.4, 0.5) is 0 Å². The van der Waals surface area contributed by atoms with Gasteiger partial charge in [-0.15, -0.1) is 0 Å². The van der Waals surface area contributed by atoms with Crippen molar-refractivity contribution in [3.05, 3.63) is 6.42 Å². The molecule has 0 bridgehead atoms. The van der Waals surface area contributed by atoms with Crippen molar-refractivity contribution in [1.29, 1.82) is 0 Å². The van der Waals surface area contributed by atoms with Gasteiger partial charge < -0.3 is 4.48 Å². The lowest BCUT2D eigenvalue weighted by molar-refractivity contribution is -1.00. The highest BCUT2D eigenvalue weighted by molar-refractivity contribution is 4.93. The van der Waals surface area contributed by atoms with Crippen molar-refractivity contribution in [1.82, 2.24) is 0 Å². The molecule has 1 heterocycles. The minimum absolute atomic E-state index is 0.400. The first-order valence-corrected chi connectivity index (χ1v) is 6.44. The topological polar surface area (TPSA) is 0 Å². The van der Waals surface area contributed by atoms with E-state index in [4.69, 9.17) is 0 Å².